The Morgan fingerprint density at radius 1 is 0.765 bits per heavy atom. The van der Waals surface area contributed by atoms with Gasteiger partial charge in [-0.15, -0.1) is 0 Å². The summed E-state index contributed by atoms with van der Waals surface area (Å²) in [7, 11) is 0. The van der Waals surface area contributed by atoms with E-state index < -0.39 is 0 Å². The fourth-order valence-corrected chi connectivity index (χ4v) is 1.66. The van der Waals surface area contributed by atoms with Crippen LogP contribution in [-0.4, -0.2) is 9.97 Å². The summed E-state index contributed by atoms with van der Waals surface area (Å²) in [6.45, 7) is 0. The number of rotatable bonds is 2. The van der Waals surface area contributed by atoms with Crippen LogP contribution < -0.4 is 4.74 Å². The lowest BCUT2D eigenvalue weighted by Crippen LogP contribution is -1.89. The van der Waals surface area contributed by atoms with Gasteiger partial charge >= 0.3 is 0 Å². The van der Waals surface area contributed by atoms with Crippen LogP contribution in [0, 0.1) is 0 Å². The van der Waals surface area contributed by atoms with E-state index >= 15 is 0 Å². The van der Waals surface area contributed by atoms with Gasteiger partial charge in [-0.3, -0.25) is 4.98 Å². The smallest absolute Gasteiger partial charge is 0.228 e. The second kappa shape index (κ2) is 4.22. The van der Waals surface area contributed by atoms with Gasteiger partial charge < -0.3 is 4.74 Å². The Hall–Kier alpha value is -2.42. The Kier molecular flexibility index (Phi) is 2.43. The molecule has 0 aliphatic heterocycles. The van der Waals surface area contributed by atoms with Gasteiger partial charge in [0.15, 0.2) is 0 Å². The quantitative estimate of drug-likeness (QED) is 0.666. The van der Waals surface area contributed by atoms with Gasteiger partial charge in [0.1, 0.15) is 5.75 Å². The van der Waals surface area contributed by atoms with Crippen molar-refractivity contribution in [1.82, 2.24) is 9.97 Å². The molecule has 0 bridgehead atoms. The SMILES string of the molecule is c1ccc(Oc2nccc3ncccc23)cc1. The molecule has 3 nitrogen and oxygen atoms in total. The first-order valence-electron chi connectivity index (χ1n) is 5.36. The molecule has 0 amide bonds. The highest BCUT2D eigenvalue weighted by atomic mass is 16.5. The number of para-hydroxylation sites is 1. The molecule has 3 heteroatoms. The van der Waals surface area contributed by atoms with Crippen LogP contribution in [0.15, 0.2) is 60.9 Å². The van der Waals surface area contributed by atoms with E-state index in [0.717, 1.165) is 16.7 Å². The second-order valence-electron chi connectivity index (χ2n) is 3.60. The molecule has 0 N–H and O–H groups in total. The van der Waals surface area contributed by atoms with Crippen molar-refractivity contribution in [1.29, 1.82) is 0 Å². The van der Waals surface area contributed by atoms with Crippen LogP contribution in [0.2, 0.25) is 0 Å². The van der Waals surface area contributed by atoms with Crippen LogP contribution in [-0.2, 0) is 0 Å². The molecule has 82 valence electrons. The summed E-state index contributed by atoms with van der Waals surface area (Å²) in [5.41, 5.74) is 0.883. The zero-order chi connectivity index (χ0) is 11.5. The third kappa shape index (κ3) is 1.95. The van der Waals surface area contributed by atoms with E-state index in [1.165, 1.54) is 0 Å². The summed E-state index contributed by atoms with van der Waals surface area (Å²) in [5, 5.41) is 0.916. The molecule has 0 radical (unpaired) electrons. The van der Waals surface area contributed by atoms with Crippen LogP contribution in [0.1, 0.15) is 0 Å². The fourth-order valence-electron chi connectivity index (χ4n) is 1.66. The minimum absolute atomic E-state index is 0.585. The largest absolute Gasteiger partial charge is 0.438 e. The number of pyridine rings is 2. The van der Waals surface area contributed by atoms with Crippen molar-refractivity contribution >= 4 is 10.9 Å². The average molecular weight is 222 g/mol. The first-order chi connectivity index (χ1) is 8.43. The van der Waals surface area contributed by atoms with Crippen LogP contribution in [0.3, 0.4) is 0 Å². The van der Waals surface area contributed by atoms with Crippen molar-refractivity contribution in [3.8, 4) is 11.6 Å². The highest BCUT2D eigenvalue weighted by Gasteiger charge is 2.04. The number of hydrogen-bond donors (Lipinski definition) is 0. The number of nitrogens with zero attached hydrogens (tertiary/aromatic N) is 2. The van der Waals surface area contributed by atoms with Gasteiger partial charge in [-0.05, 0) is 30.3 Å². The maximum absolute atomic E-state index is 5.74. The molecule has 3 rings (SSSR count). The molecule has 0 unspecified atom stereocenters. The summed E-state index contributed by atoms with van der Waals surface area (Å²) >= 11 is 0. The monoisotopic (exact) mass is 222 g/mol. The van der Waals surface area contributed by atoms with Crippen LogP contribution in [0.4, 0.5) is 0 Å². The Labute approximate surface area is 98.7 Å². The summed E-state index contributed by atoms with van der Waals surface area (Å²) in [6.07, 6.45) is 3.46. The van der Waals surface area contributed by atoms with Gasteiger partial charge in [-0.2, -0.15) is 0 Å². The molecule has 2 heterocycles. The Balaban J connectivity index is 2.06. The number of hydrogen-bond acceptors (Lipinski definition) is 3. The first-order valence-corrected chi connectivity index (χ1v) is 5.36. The lowest BCUT2D eigenvalue weighted by Gasteiger charge is -2.06. The molecule has 1 aromatic carbocycles. The lowest BCUT2D eigenvalue weighted by atomic mass is 10.2. The van der Waals surface area contributed by atoms with Crippen molar-refractivity contribution in [2.45, 2.75) is 0 Å². The molecule has 0 spiro atoms. The van der Waals surface area contributed by atoms with E-state index in [4.69, 9.17) is 4.74 Å². The lowest BCUT2D eigenvalue weighted by molar-refractivity contribution is 0.469. The molecule has 3 aromatic rings. The van der Waals surface area contributed by atoms with E-state index in [1.807, 2.05) is 48.5 Å². The highest BCUT2D eigenvalue weighted by molar-refractivity contribution is 5.83. The number of aromatic nitrogens is 2. The second-order valence-corrected chi connectivity index (χ2v) is 3.60. The molecule has 17 heavy (non-hydrogen) atoms. The van der Waals surface area contributed by atoms with Crippen LogP contribution in [0.5, 0.6) is 11.6 Å². The van der Waals surface area contributed by atoms with E-state index in [1.54, 1.807) is 12.4 Å². The maximum Gasteiger partial charge on any atom is 0.228 e. The van der Waals surface area contributed by atoms with Crippen molar-refractivity contribution < 1.29 is 4.74 Å². The molecule has 0 aliphatic rings. The average Bonchev–Trinajstić information content (AvgIpc) is 2.40. The van der Waals surface area contributed by atoms with Gasteiger partial charge in [0.05, 0.1) is 10.9 Å². The van der Waals surface area contributed by atoms with E-state index in [9.17, 15) is 0 Å². The van der Waals surface area contributed by atoms with Crippen LogP contribution in [0.25, 0.3) is 10.9 Å². The molecule has 0 fully saturated rings. The van der Waals surface area contributed by atoms with E-state index in [0.29, 0.717) is 5.88 Å². The zero-order valence-corrected chi connectivity index (χ0v) is 9.08. The highest BCUT2D eigenvalue weighted by Crippen LogP contribution is 2.25. The van der Waals surface area contributed by atoms with Gasteiger partial charge in [-0.1, -0.05) is 18.2 Å². The first kappa shape index (κ1) is 9.78. The van der Waals surface area contributed by atoms with Gasteiger partial charge in [0, 0.05) is 12.4 Å². The zero-order valence-electron chi connectivity index (χ0n) is 9.08. The maximum atomic E-state index is 5.74. The minimum atomic E-state index is 0.585. The topological polar surface area (TPSA) is 35.0 Å². The summed E-state index contributed by atoms with van der Waals surface area (Å²) < 4.78 is 5.74. The standard InChI is InChI=1S/C14H10N2O/c1-2-5-11(6-3-1)17-14-12-7-4-9-15-13(12)8-10-16-14/h1-10H. The van der Waals surface area contributed by atoms with Gasteiger partial charge in [-0.25, -0.2) is 4.98 Å². The Morgan fingerprint density at radius 2 is 1.65 bits per heavy atom. The number of ether oxygens (including phenoxy) is 1. The Morgan fingerprint density at radius 3 is 2.53 bits per heavy atom. The third-order valence-corrected chi connectivity index (χ3v) is 2.45. The van der Waals surface area contributed by atoms with Crippen molar-refractivity contribution in [3.63, 3.8) is 0 Å². The van der Waals surface area contributed by atoms with Crippen molar-refractivity contribution in [3.05, 3.63) is 60.9 Å². The van der Waals surface area contributed by atoms with Gasteiger partial charge in [0.25, 0.3) is 0 Å². The molecule has 0 saturated heterocycles. The van der Waals surface area contributed by atoms with Gasteiger partial charge in [0.2, 0.25) is 5.88 Å². The van der Waals surface area contributed by atoms with Crippen LogP contribution >= 0.6 is 0 Å². The van der Waals surface area contributed by atoms with E-state index in [-0.39, 0.29) is 0 Å². The number of fused-ring (bicyclic) bond motifs is 1. The summed E-state index contributed by atoms with van der Waals surface area (Å²) in [6, 6.07) is 15.3. The molecule has 0 saturated carbocycles. The summed E-state index contributed by atoms with van der Waals surface area (Å²) in [5.74, 6) is 1.36. The molecule has 0 aliphatic carbocycles. The minimum Gasteiger partial charge on any atom is -0.438 e. The predicted molar refractivity (Wildman–Crippen MR) is 66.1 cm³/mol. The molecule has 0 atom stereocenters. The van der Waals surface area contributed by atoms with Crippen molar-refractivity contribution in [2.75, 3.05) is 0 Å². The normalized spacial score (nSPS) is 10.4. The molecular weight excluding hydrogens is 212 g/mol. The fraction of sp³-hybridized carbons (Fsp3) is 0. The van der Waals surface area contributed by atoms with Crippen molar-refractivity contribution in [2.24, 2.45) is 0 Å². The predicted octanol–water partition coefficient (Wildman–Crippen LogP) is 3.42. The summed E-state index contributed by atoms with van der Waals surface area (Å²) in [4.78, 5) is 8.50. The van der Waals surface area contributed by atoms with E-state index in [2.05, 4.69) is 9.97 Å². The molecule has 2 aromatic heterocycles. The molecular formula is C14H10N2O. The third-order valence-electron chi connectivity index (χ3n) is 2.45. The number of benzene rings is 1. The Bertz CT molecular complexity index is 633.